The molecule has 0 amide bonds. The lowest BCUT2D eigenvalue weighted by Gasteiger charge is -2.20. The average molecular weight is 738 g/mol. The van der Waals surface area contributed by atoms with Crippen LogP contribution in [-0.4, -0.2) is 14.5 Å². The van der Waals surface area contributed by atoms with Gasteiger partial charge < -0.3 is 0 Å². The second-order valence-corrected chi connectivity index (χ2v) is 16.8. The molecule has 0 saturated heterocycles. The number of aryl methyl sites for hydroxylation is 2. The molecule has 268 valence electrons. The number of hydrogen-bond donors (Lipinski definition) is 0. The Labute approximate surface area is 329 Å². The molecule has 3 aromatic heterocycles. The van der Waals surface area contributed by atoms with Crippen molar-refractivity contribution in [3.05, 3.63) is 164 Å². The zero-order chi connectivity index (χ0) is 36.7. The van der Waals surface area contributed by atoms with Crippen molar-refractivity contribution in [2.45, 2.75) is 51.4 Å². The molecule has 0 N–H and O–H groups in total. The van der Waals surface area contributed by atoms with Crippen molar-refractivity contribution in [3.63, 3.8) is 0 Å². The van der Waals surface area contributed by atoms with Crippen molar-refractivity contribution in [3.8, 4) is 28.2 Å². The zero-order valence-corrected chi connectivity index (χ0v) is 32.0. The lowest BCUT2D eigenvalue weighted by atomic mass is 9.86. The number of fused-ring (bicyclic) bond motifs is 10. The molecule has 56 heavy (non-hydrogen) atoms. The maximum atomic E-state index is 5.49. The van der Waals surface area contributed by atoms with Gasteiger partial charge in [0, 0.05) is 36.5 Å². The minimum atomic E-state index is 0.746. The Balaban J connectivity index is 0.996. The molecule has 3 heterocycles. The molecule has 0 saturated carbocycles. The van der Waals surface area contributed by atoms with Gasteiger partial charge in [-0.15, -0.1) is 11.3 Å². The van der Waals surface area contributed by atoms with Crippen LogP contribution in [0.5, 0.6) is 0 Å². The monoisotopic (exact) mass is 737 g/mol. The molecule has 0 radical (unpaired) electrons. The van der Waals surface area contributed by atoms with E-state index < -0.39 is 0 Å². The predicted molar refractivity (Wildman–Crippen MR) is 236 cm³/mol. The second-order valence-electron chi connectivity index (χ2n) is 15.7. The van der Waals surface area contributed by atoms with E-state index in [-0.39, 0.29) is 0 Å². The van der Waals surface area contributed by atoms with Crippen LogP contribution in [0.25, 0.3) is 89.5 Å². The number of allylic oxidation sites excluding steroid dienone is 4. The highest BCUT2D eigenvalue weighted by molar-refractivity contribution is 7.19. The summed E-state index contributed by atoms with van der Waals surface area (Å²) in [5.74, 6) is 0.746. The zero-order valence-electron chi connectivity index (χ0n) is 31.2. The molecule has 0 fully saturated rings. The number of para-hydroxylation sites is 1. The summed E-state index contributed by atoms with van der Waals surface area (Å²) in [6.45, 7) is 0. The number of nitrogens with zero attached hydrogens (tertiary/aromatic N) is 3. The fraction of sp³-hybridized carbons (Fsp3) is 0.154. The Morgan fingerprint density at radius 3 is 2.30 bits per heavy atom. The summed E-state index contributed by atoms with van der Waals surface area (Å²) in [4.78, 5) is 12.3. The molecule has 0 bridgehead atoms. The van der Waals surface area contributed by atoms with E-state index in [1.165, 1.54) is 85.9 Å². The maximum Gasteiger partial charge on any atom is 0.235 e. The van der Waals surface area contributed by atoms with E-state index >= 15 is 0 Å². The number of benzene rings is 5. The second kappa shape index (κ2) is 12.7. The number of aromatic nitrogens is 3. The summed E-state index contributed by atoms with van der Waals surface area (Å²) in [6, 6.07) is 40.7. The van der Waals surface area contributed by atoms with Crippen molar-refractivity contribution >= 4 is 72.6 Å². The van der Waals surface area contributed by atoms with Gasteiger partial charge in [0.05, 0.1) is 22.1 Å². The lowest BCUT2D eigenvalue weighted by molar-refractivity contribution is 0.913. The number of thiophene rings is 1. The molecule has 12 rings (SSSR count). The molecule has 0 spiro atoms. The van der Waals surface area contributed by atoms with Gasteiger partial charge in [-0.3, -0.25) is 4.57 Å². The molecule has 4 aliphatic carbocycles. The first kappa shape index (κ1) is 32.2. The largest absolute Gasteiger partial charge is 0.278 e. The number of rotatable bonds is 4. The van der Waals surface area contributed by atoms with Crippen LogP contribution in [0.3, 0.4) is 0 Å². The van der Waals surface area contributed by atoms with E-state index in [0.29, 0.717) is 0 Å². The van der Waals surface area contributed by atoms with Crippen molar-refractivity contribution in [2.24, 2.45) is 0 Å². The first-order chi connectivity index (χ1) is 27.7. The molecule has 0 aliphatic heterocycles. The summed E-state index contributed by atoms with van der Waals surface area (Å²) in [6.07, 6.45) is 20.2. The first-order valence-corrected chi connectivity index (χ1v) is 21.0. The summed E-state index contributed by atoms with van der Waals surface area (Å²) in [7, 11) is 0. The van der Waals surface area contributed by atoms with Gasteiger partial charge in [0.2, 0.25) is 5.95 Å². The molecular weight excluding hydrogens is 699 g/mol. The highest BCUT2D eigenvalue weighted by Gasteiger charge is 2.23. The van der Waals surface area contributed by atoms with Gasteiger partial charge in [0.1, 0.15) is 0 Å². The van der Waals surface area contributed by atoms with Crippen LogP contribution in [0.4, 0.5) is 0 Å². The van der Waals surface area contributed by atoms with Crippen LogP contribution in [0, 0.1) is 0 Å². The van der Waals surface area contributed by atoms with Crippen molar-refractivity contribution in [1.29, 1.82) is 0 Å². The third-order valence-corrected chi connectivity index (χ3v) is 13.8. The SMILES string of the molecule is C1=C(C2=c3ccccc3=CCC2)CCC(c2nc(-n3c4ccccc4c4cc(-c5ccc6sc7c(c6c5)-c5ccccc5CC7)ccc43)nc3c2=CCCC=3)=C1. The quantitative estimate of drug-likeness (QED) is 0.180. The normalized spacial score (nSPS) is 15.9. The van der Waals surface area contributed by atoms with Crippen molar-refractivity contribution < 1.29 is 0 Å². The van der Waals surface area contributed by atoms with Crippen LogP contribution in [0.1, 0.15) is 54.7 Å². The van der Waals surface area contributed by atoms with Gasteiger partial charge in [0.15, 0.2) is 0 Å². The van der Waals surface area contributed by atoms with Crippen molar-refractivity contribution in [2.75, 3.05) is 0 Å². The first-order valence-electron chi connectivity index (χ1n) is 20.2. The minimum absolute atomic E-state index is 0.746. The van der Waals surface area contributed by atoms with E-state index in [2.05, 4.69) is 144 Å². The third kappa shape index (κ3) is 5.02. The van der Waals surface area contributed by atoms with E-state index in [4.69, 9.17) is 9.97 Å². The van der Waals surface area contributed by atoms with Gasteiger partial charge in [-0.1, -0.05) is 109 Å². The molecule has 4 aliphatic rings. The molecule has 0 atom stereocenters. The van der Waals surface area contributed by atoms with E-state index in [1.807, 2.05) is 11.3 Å². The van der Waals surface area contributed by atoms with E-state index in [0.717, 1.165) is 79.4 Å². The lowest BCUT2D eigenvalue weighted by Crippen LogP contribution is -2.36. The standard InChI is InChI=1S/C52H39N3S/c1-3-13-38-32(10-1)12-9-17-39(38)34-20-22-35(23-21-34)51-42-16-5-7-18-45(42)53-52(54-51)55-46-19-8-6-15-41(46)43-30-36(24-27-47(43)55)37-26-28-48-44(31-37)50-40-14-4-2-11-33(40)25-29-49(50)56-48/h1-4,6,8,10-16,18-20,22,24,26-28,30-31H,5,7,9,17,21,23,25,29H2. The molecule has 3 nitrogen and oxygen atoms in total. The van der Waals surface area contributed by atoms with Gasteiger partial charge in [-0.25, -0.2) is 9.97 Å². The summed E-state index contributed by atoms with van der Waals surface area (Å²) in [5.41, 5.74) is 14.4. The highest BCUT2D eigenvalue weighted by atomic mass is 32.1. The summed E-state index contributed by atoms with van der Waals surface area (Å²) in [5, 5.41) is 8.82. The summed E-state index contributed by atoms with van der Waals surface area (Å²) >= 11 is 1.97. The van der Waals surface area contributed by atoms with Crippen LogP contribution in [0.2, 0.25) is 0 Å². The highest BCUT2D eigenvalue weighted by Crippen LogP contribution is 2.45. The fourth-order valence-corrected chi connectivity index (χ4v) is 11.1. The Hall–Kier alpha value is -6.10. The van der Waals surface area contributed by atoms with Crippen LogP contribution >= 0.6 is 11.3 Å². The molecular formula is C52H39N3S. The summed E-state index contributed by atoms with van der Waals surface area (Å²) < 4.78 is 3.67. The van der Waals surface area contributed by atoms with Gasteiger partial charge >= 0.3 is 0 Å². The van der Waals surface area contributed by atoms with E-state index in [1.54, 1.807) is 0 Å². The Morgan fingerprint density at radius 1 is 0.571 bits per heavy atom. The molecule has 8 aromatic rings. The van der Waals surface area contributed by atoms with Crippen LogP contribution in [-0.2, 0) is 12.8 Å². The van der Waals surface area contributed by atoms with Gasteiger partial charge in [-0.2, -0.15) is 0 Å². The van der Waals surface area contributed by atoms with E-state index in [9.17, 15) is 0 Å². The molecule has 5 aromatic carbocycles. The van der Waals surface area contributed by atoms with Crippen LogP contribution < -0.4 is 21.0 Å². The average Bonchev–Trinajstić information content (AvgIpc) is 3.81. The number of hydrogen-bond acceptors (Lipinski definition) is 3. The molecule has 0 unspecified atom stereocenters. The maximum absolute atomic E-state index is 5.49. The van der Waals surface area contributed by atoms with Crippen molar-refractivity contribution in [1.82, 2.24) is 14.5 Å². The fourth-order valence-electron chi connectivity index (χ4n) is 9.90. The Morgan fingerprint density at radius 2 is 1.36 bits per heavy atom. The van der Waals surface area contributed by atoms with Gasteiger partial charge in [-0.05, 0) is 131 Å². The third-order valence-electron chi connectivity index (χ3n) is 12.6. The van der Waals surface area contributed by atoms with Crippen LogP contribution in [0.15, 0.2) is 127 Å². The predicted octanol–water partition coefficient (Wildman–Crippen LogP) is 10.1. The Bertz CT molecular complexity index is 3320. The minimum Gasteiger partial charge on any atom is -0.278 e. The smallest absolute Gasteiger partial charge is 0.235 e. The molecule has 4 heteroatoms. The topological polar surface area (TPSA) is 30.7 Å². The van der Waals surface area contributed by atoms with Gasteiger partial charge in [0.25, 0.3) is 0 Å². The Kier molecular flexibility index (Phi) is 7.31.